The van der Waals surface area contributed by atoms with Crippen molar-refractivity contribution in [1.29, 1.82) is 0 Å². The quantitative estimate of drug-likeness (QED) is 0.866. The van der Waals surface area contributed by atoms with Gasteiger partial charge in [-0.2, -0.15) is 0 Å². The number of carbonyl (C=O) groups is 1. The Labute approximate surface area is 156 Å². The molecule has 0 radical (unpaired) electrons. The highest BCUT2D eigenvalue weighted by molar-refractivity contribution is 5.95. The molecule has 1 aromatic rings. The molecule has 5 nitrogen and oxygen atoms in total. The van der Waals surface area contributed by atoms with Crippen molar-refractivity contribution in [1.82, 2.24) is 10.2 Å². The van der Waals surface area contributed by atoms with E-state index in [0.29, 0.717) is 17.4 Å². The second-order valence-corrected chi connectivity index (χ2v) is 6.75. The van der Waals surface area contributed by atoms with Crippen LogP contribution in [0.4, 0.5) is 0 Å². The van der Waals surface area contributed by atoms with Gasteiger partial charge in [0, 0.05) is 24.7 Å². The largest absolute Gasteiger partial charge is 0.493 e. The van der Waals surface area contributed by atoms with Crippen LogP contribution in [0.1, 0.15) is 48.9 Å². The number of hydrogen-bond acceptors (Lipinski definition) is 4. The van der Waals surface area contributed by atoms with Gasteiger partial charge in [-0.3, -0.25) is 4.79 Å². The number of nitrogens with zero attached hydrogens (tertiary/aromatic N) is 1. The summed E-state index contributed by atoms with van der Waals surface area (Å²) in [6, 6.07) is 6.08. The van der Waals surface area contributed by atoms with Crippen LogP contribution >= 0.6 is 12.4 Å². The highest BCUT2D eigenvalue weighted by Gasteiger charge is 2.24. The van der Waals surface area contributed by atoms with Crippen molar-refractivity contribution in [3.8, 4) is 11.5 Å². The minimum Gasteiger partial charge on any atom is -0.493 e. The third kappa shape index (κ3) is 4.79. The number of halogens is 1. The number of piperidine rings is 1. The fraction of sp³-hybridized carbons (Fsp3) is 0.632. The fourth-order valence-electron chi connectivity index (χ4n) is 3.64. The molecule has 2 aliphatic rings. The molecular formula is C19H29ClN2O3. The topological polar surface area (TPSA) is 50.8 Å². The lowest BCUT2D eigenvalue weighted by Crippen LogP contribution is -2.43. The second-order valence-electron chi connectivity index (χ2n) is 6.75. The normalized spacial score (nSPS) is 18.7. The lowest BCUT2D eigenvalue weighted by molar-refractivity contribution is 0.0707. The summed E-state index contributed by atoms with van der Waals surface area (Å²) in [4.78, 5) is 14.7. The molecule has 1 saturated heterocycles. The van der Waals surface area contributed by atoms with Crippen molar-refractivity contribution in [2.75, 3.05) is 27.2 Å². The summed E-state index contributed by atoms with van der Waals surface area (Å²) in [5.74, 6) is 1.47. The van der Waals surface area contributed by atoms with Crippen LogP contribution in [-0.4, -0.2) is 50.2 Å². The van der Waals surface area contributed by atoms with Crippen LogP contribution in [0.25, 0.3) is 0 Å². The SMILES string of the molecule is CNC1CCN(C(=O)c2ccc(OC3CCCC3)c(OC)c2)CC1.Cl. The monoisotopic (exact) mass is 368 g/mol. The number of rotatable bonds is 5. The van der Waals surface area contributed by atoms with Gasteiger partial charge in [0.25, 0.3) is 5.91 Å². The summed E-state index contributed by atoms with van der Waals surface area (Å²) in [7, 11) is 3.61. The van der Waals surface area contributed by atoms with E-state index in [1.165, 1.54) is 12.8 Å². The Balaban J connectivity index is 0.00000225. The number of nitrogens with one attached hydrogen (secondary N) is 1. The number of methoxy groups -OCH3 is 1. The van der Waals surface area contributed by atoms with Crippen molar-refractivity contribution < 1.29 is 14.3 Å². The first-order chi connectivity index (χ1) is 11.7. The summed E-state index contributed by atoms with van der Waals surface area (Å²) >= 11 is 0. The maximum Gasteiger partial charge on any atom is 0.253 e. The number of ether oxygens (including phenoxy) is 2. The van der Waals surface area contributed by atoms with Crippen LogP contribution < -0.4 is 14.8 Å². The summed E-state index contributed by atoms with van der Waals surface area (Å²) < 4.78 is 11.5. The minimum absolute atomic E-state index is 0. The Morgan fingerprint density at radius 1 is 1.12 bits per heavy atom. The number of likely N-dealkylation sites (tertiary alicyclic amines) is 1. The molecule has 25 heavy (non-hydrogen) atoms. The first-order valence-corrected chi connectivity index (χ1v) is 9.02. The Morgan fingerprint density at radius 2 is 1.80 bits per heavy atom. The van der Waals surface area contributed by atoms with Crippen LogP contribution in [0.2, 0.25) is 0 Å². The Kier molecular flexibility index (Phi) is 7.38. The van der Waals surface area contributed by atoms with E-state index in [4.69, 9.17) is 9.47 Å². The van der Waals surface area contributed by atoms with Crippen LogP contribution in [-0.2, 0) is 0 Å². The van der Waals surface area contributed by atoms with Crippen LogP contribution in [0, 0.1) is 0 Å². The van der Waals surface area contributed by atoms with Crippen LogP contribution in [0.5, 0.6) is 11.5 Å². The van der Waals surface area contributed by atoms with Crippen LogP contribution in [0.15, 0.2) is 18.2 Å². The molecule has 1 aliphatic heterocycles. The molecule has 2 fully saturated rings. The van der Waals surface area contributed by atoms with E-state index < -0.39 is 0 Å². The van der Waals surface area contributed by atoms with Crippen molar-refractivity contribution in [3.63, 3.8) is 0 Å². The molecule has 0 atom stereocenters. The number of amides is 1. The molecule has 1 heterocycles. The van der Waals surface area contributed by atoms with Gasteiger partial charge in [-0.15, -0.1) is 12.4 Å². The van der Waals surface area contributed by atoms with Gasteiger partial charge in [0.05, 0.1) is 13.2 Å². The summed E-state index contributed by atoms with van der Waals surface area (Å²) in [5, 5.41) is 3.29. The van der Waals surface area contributed by atoms with Gasteiger partial charge in [-0.1, -0.05) is 0 Å². The first-order valence-electron chi connectivity index (χ1n) is 9.02. The van der Waals surface area contributed by atoms with E-state index >= 15 is 0 Å². The highest BCUT2D eigenvalue weighted by atomic mass is 35.5. The van der Waals surface area contributed by atoms with Crippen LogP contribution in [0.3, 0.4) is 0 Å². The fourth-order valence-corrected chi connectivity index (χ4v) is 3.64. The number of carbonyl (C=O) groups excluding carboxylic acids is 1. The molecule has 1 aromatic carbocycles. The Bertz CT molecular complexity index is 568. The van der Waals surface area contributed by atoms with Gasteiger partial charge in [0.2, 0.25) is 0 Å². The molecule has 1 N–H and O–H groups in total. The van der Waals surface area contributed by atoms with Crippen molar-refractivity contribution in [2.24, 2.45) is 0 Å². The average molecular weight is 369 g/mol. The smallest absolute Gasteiger partial charge is 0.253 e. The molecular weight excluding hydrogens is 340 g/mol. The summed E-state index contributed by atoms with van der Waals surface area (Å²) in [5.41, 5.74) is 0.675. The standard InChI is InChI=1S/C19H28N2O3.ClH/c1-20-15-9-11-21(12-10-15)19(22)14-7-8-17(18(13-14)23-2)24-16-5-3-4-6-16;/h7-8,13,15-16,20H,3-6,9-12H2,1-2H3;1H. The van der Waals surface area contributed by atoms with Gasteiger partial charge < -0.3 is 19.7 Å². The summed E-state index contributed by atoms with van der Waals surface area (Å²) in [6.07, 6.45) is 6.94. The van der Waals surface area contributed by atoms with E-state index in [1.807, 2.05) is 30.1 Å². The third-order valence-electron chi connectivity index (χ3n) is 5.20. The predicted octanol–water partition coefficient (Wildman–Crippen LogP) is 3.26. The van der Waals surface area contributed by atoms with Gasteiger partial charge in [0.1, 0.15) is 0 Å². The van der Waals surface area contributed by atoms with Crippen molar-refractivity contribution in [3.05, 3.63) is 23.8 Å². The van der Waals surface area contributed by atoms with E-state index in [2.05, 4.69) is 5.32 Å². The lowest BCUT2D eigenvalue weighted by atomic mass is 10.0. The van der Waals surface area contributed by atoms with Gasteiger partial charge in [-0.25, -0.2) is 0 Å². The van der Waals surface area contributed by atoms with E-state index in [1.54, 1.807) is 7.11 Å². The number of hydrogen-bond donors (Lipinski definition) is 1. The first kappa shape index (κ1) is 19.9. The maximum absolute atomic E-state index is 12.7. The zero-order chi connectivity index (χ0) is 16.9. The van der Waals surface area contributed by atoms with E-state index in [9.17, 15) is 4.79 Å². The Hall–Kier alpha value is -1.46. The molecule has 1 amide bonds. The average Bonchev–Trinajstić information content (AvgIpc) is 3.14. The lowest BCUT2D eigenvalue weighted by Gasteiger charge is -2.32. The molecule has 0 spiro atoms. The van der Waals surface area contributed by atoms with E-state index in [0.717, 1.165) is 44.5 Å². The molecule has 0 bridgehead atoms. The molecule has 6 heteroatoms. The van der Waals surface area contributed by atoms with Crippen molar-refractivity contribution >= 4 is 18.3 Å². The van der Waals surface area contributed by atoms with Gasteiger partial charge in [0.15, 0.2) is 11.5 Å². The maximum atomic E-state index is 12.7. The highest BCUT2D eigenvalue weighted by Crippen LogP contribution is 2.32. The van der Waals surface area contributed by atoms with Crippen molar-refractivity contribution in [2.45, 2.75) is 50.7 Å². The van der Waals surface area contributed by atoms with E-state index in [-0.39, 0.29) is 24.4 Å². The zero-order valence-corrected chi connectivity index (χ0v) is 15.9. The third-order valence-corrected chi connectivity index (χ3v) is 5.20. The molecule has 140 valence electrons. The molecule has 0 aromatic heterocycles. The predicted molar refractivity (Wildman–Crippen MR) is 101 cm³/mol. The second kappa shape index (κ2) is 9.30. The molecule has 1 aliphatic carbocycles. The zero-order valence-electron chi connectivity index (χ0n) is 15.1. The molecule has 0 unspecified atom stereocenters. The minimum atomic E-state index is 0. The molecule has 3 rings (SSSR count). The number of benzene rings is 1. The Morgan fingerprint density at radius 3 is 2.40 bits per heavy atom. The summed E-state index contributed by atoms with van der Waals surface area (Å²) in [6.45, 7) is 1.60. The van der Waals surface area contributed by atoms with Gasteiger partial charge in [-0.05, 0) is 63.8 Å². The molecule has 1 saturated carbocycles. The van der Waals surface area contributed by atoms with Gasteiger partial charge >= 0.3 is 0 Å².